The number of benzene rings is 8. The van der Waals surface area contributed by atoms with Crippen LogP contribution in [0.1, 0.15) is 39.5 Å². The Morgan fingerprint density at radius 3 is 0.603 bits per heavy atom. The Labute approximate surface area is 439 Å². The molecule has 0 amide bonds. The van der Waals surface area contributed by atoms with Crippen LogP contribution in [-0.2, 0) is 36.1 Å². The molecule has 0 aliphatic carbocycles. The number of unbranched alkanes of at least 4 members (excludes halogenated alkanes) is 2. The standard InChI is InChI=1S/2C18H15P.2C8H11P.2C4H9.CH3.ClH.2Pt/c2*1-4-10-16(11-5-1)19(17-12-6-2-7-13-17)18-14-8-3-9-15-18;2*1-9(2)8-6-4-3-5-7-8;2*1-3-4-2;;;;/h2*1-15H;2*3-7H,1-2H3;2*1,3-4H2,2H3;1H3;1H;;/q;;;;;;;;;+1/p-1. The Hall–Kier alpha value is -2.85. The molecule has 8 rings (SSSR count). The Morgan fingerprint density at radius 1 is 0.309 bits per heavy atom. The van der Waals surface area contributed by atoms with Crippen LogP contribution in [0.3, 0.4) is 0 Å². The van der Waals surface area contributed by atoms with Crippen molar-refractivity contribution in [3.63, 3.8) is 0 Å². The zero-order valence-electron chi connectivity index (χ0n) is 41.1. The molecule has 0 spiro atoms. The van der Waals surface area contributed by atoms with Crippen LogP contribution >= 0.6 is 41.1 Å². The molecule has 0 atom stereocenters. The van der Waals surface area contributed by atoms with E-state index in [-0.39, 0.29) is 33.4 Å². The average molecular weight is 1360 g/mol. The molecule has 0 saturated heterocycles. The summed E-state index contributed by atoms with van der Waals surface area (Å²) in [6.45, 7) is 13.6. The molecule has 0 nitrogen and oxygen atoms in total. The summed E-state index contributed by atoms with van der Waals surface area (Å²) in [7, 11) is 4.43. The van der Waals surface area contributed by atoms with E-state index < -0.39 is 15.8 Å². The van der Waals surface area contributed by atoms with E-state index >= 15 is 0 Å². The Morgan fingerprint density at radius 2 is 0.471 bits per heavy atom. The summed E-state index contributed by atoms with van der Waals surface area (Å²) < 4.78 is 0. The van der Waals surface area contributed by atoms with Crippen LogP contribution in [0.5, 0.6) is 0 Å². The molecule has 0 aliphatic heterocycles. The molecule has 0 unspecified atom stereocenters. The van der Waals surface area contributed by atoms with E-state index in [2.05, 4.69) is 283 Å². The van der Waals surface area contributed by atoms with Gasteiger partial charge in [-0.05, 0) is 84.9 Å². The first-order valence-electron chi connectivity index (χ1n) is 23.2. The summed E-state index contributed by atoms with van der Waals surface area (Å²) in [5, 5.41) is 13.3. The number of rotatable bonds is 14. The third-order valence-corrected chi connectivity index (χ3v) is 20.5. The van der Waals surface area contributed by atoms with Crippen molar-refractivity contribution >= 4 is 83.5 Å². The van der Waals surface area contributed by atoms with Crippen molar-refractivity contribution in [2.24, 2.45) is 0 Å². The predicted molar refractivity (Wildman–Crippen MR) is 311 cm³/mol. The van der Waals surface area contributed by atoms with E-state index in [0.29, 0.717) is 18.6 Å². The van der Waals surface area contributed by atoms with E-state index in [9.17, 15) is 0 Å². The maximum atomic E-state index is 5.11. The molecule has 0 bridgehead atoms. The Kier molecular flexibility index (Phi) is 34.0. The van der Waals surface area contributed by atoms with E-state index in [0.717, 1.165) is 0 Å². The molecule has 0 saturated carbocycles. The zero-order chi connectivity index (χ0) is 48.9. The molecule has 8 aromatic rings. The minimum absolute atomic E-state index is 0.0556. The van der Waals surface area contributed by atoms with Gasteiger partial charge in [0.1, 0.15) is 0 Å². The van der Waals surface area contributed by atoms with Crippen molar-refractivity contribution in [3.8, 4) is 0 Å². The molecule has 0 aromatic heterocycles. The molecule has 7 heteroatoms. The summed E-state index contributed by atoms with van der Waals surface area (Å²) in [6.07, 6.45) is 5.76. The molecule has 0 N–H and O–H groups in total. The predicted octanol–water partition coefficient (Wildman–Crippen LogP) is 15.8. The van der Waals surface area contributed by atoms with Gasteiger partial charge in [-0.3, -0.25) is 0 Å². The van der Waals surface area contributed by atoms with Gasteiger partial charge in [0.25, 0.3) is 0 Å². The van der Waals surface area contributed by atoms with Gasteiger partial charge in [-0.25, -0.2) is 0 Å². The molecule has 0 radical (unpaired) electrons. The van der Waals surface area contributed by atoms with E-state index in [1.54, 1.807) is 9.62 Å². The third-order valence-electron chi connectivity index (χ3n) is 9.79. The Bertz CT molecular complexity index is 1970. The van der Waals surface area contributed by atoms with E-state index in [4.69, 9.17) is 9.42 Å². The topological polar surface area (TPSA) is 0 Å². The second-order valence-electron chi connectivity index (χ2n) is 15.4. The number of halogens is 1. The van der Waals surface area contributed by atoms with Gasteiger partial charge in [0.05, 0.1) is 0 Å². The molecule has 0 fully saturated rings. The summed E-state index contributed by atoms with van der Waals surface area (Å²) >= 11 is 0.659. The van der Waals surface area contributed by atoms with Crippen LogP contribution in [0.25, 0.3) is 0 Å². The van der Waals surface area contributed by atoms with Gasteiger partial charge in [-0.1, -0.05) is 258 Å². The van der Waals surface area contributed by atoms with Gasteiger partial charge in [0.2, 0.25) is 0 Å². The first-order chi connectivity index (χ1) is 33.3. The van der Waals surface area contributed by atoms with Crippen LogP contribution in [-0.4, -0.2) is 26.7 Å². The molecule has 68 heavy (non-hydrogen) atoms. The number of hydrogen-bond donors (Lipinski definition) is 0. The molecule has 8 aromatic carbocycles. The average Bonchev–Trinajstić information content (AvgIpc) is 3.40. The van der Waals surface area contributed by atoms with Crippen LogP contribution in [0, 0.1) is 0 Å². The van der Waals surface area contributed by atoms with Crippen molar-refractivity contribution in [2.75, 3.05) is 26.7 Å². The van der Waals surface area contributed by atoms with Gasteiger partial charge < -0.3 is 0 Å². The first kappa shape index (κ1) is 59.5. The van der Waals surface area contributed by atoms with Crippen molar-refractivity contribution in [2.45, 2.75) is 54.5 Å². The summed E-state index contributed by atoms with van der Waals surface area (Å²) in [4.78, 5) is 3.13. The molecule has 0 aliphatic rings. The maximum absolute atomic E-state index is 5.11. The van der Waals surface area contributed by atoms with Gasteiger partial charge in [0, 0.05) is 0 Å². The second-order valence-corrected chi connectivity index (χ2v) is 30.7. The molecular formula is C61H73ClP4Pt2. The zero-order valence-corrected chi connectivity index (χ0v) is 50.0. The van der Waals surface area contributed by atoms with E-state index in [1.165, 1.54) is 68.1 Å². The fraction of sp³-hybridized carbons (Fsp3) is 0.213. The van der Waals surface area contributed by atoms with Crippen molar-refractivity contribution < 1.29 is 36.1 Å². The van der Waals surface area contributed by atoms with Crippen molar-refractivity contribution in [1.29, 1.82) is 0 Å². The first-order valence-corrected chi connectivity index (χ1v) is 38.6. The minimum atomic E-state index is -0.446. The fourth-order valence-corrected chi connectivity index (χ4v) is 15.7. The van der Waals surface area contributed by atoms with Crippen LogP contribution in [0.2, 0.25) is 14.9 Å². The molecular weight excluding hydrogens is 1280 g/mol. The smallest absolute Gasteiger partial charge is 0.0134 e. The maximum Gasteiger partial charge on any atom is -0.0134 e. The summed E-state index contributed by atoms with van der Waals surface area (Å²) in [5.74, 6) is 0. The third kappa shape index (κ3) is 24.8. The summed E-state index contributed by atoms with van der Waals surface area (Å²) in [6, 6.07) is 85.9. The monoisotopic (exact) mass is 1350 g/mol. The quantitative estimate of drug-likeness (QED) is 0.0752. The Balaban J connectivity index is 0.000000233. The largest absolute Gasteiger partial charge is 0.0622 e. The minimum Gasteiger partial charge on any atom is -0.0622 e. The van der Waals surface area contributed by atoms with Gasteiger partial charge in [0.15, 0.2) is 0 Å². The van der Waals surface area contributed by atoms with Crippen LogP contribution in [0.15, 0.2) is 243 Å². The van der Waals surface area contributed by atoms with Gasteiger partial charge in [-0.2, -0.15) is 0 Å². The number of hydrogen-bond acceptors (Lipinski definition) is 0. The van der Waals surface area contributed by atoms with Gasteiger partial charge >= 0.3 is 100.0 Å². The van der Waals surface area contributed by atoms with Crippen molar-refractivity contribution in [3.05, 3.63) is 243 Å². The van der Waals surface area contributed by atoms with Crippen molar-refractivity contribution in [1.82, 2.24) is 0 Å². The van der Waals surface area contributed by atoms with Crippen LogP contribution < -0.4 is 42.4 Å². The van der Waals surface area contributed by atoms with Crippen LogP contribution in [0.4, 0.5) is 0 Å². The normalized spacial score (nSPS) is 10.3. The van der Waals surface area contributed by atoms with Gasteiger partial charge in [-0.15, -0.1) is 0 Å². The van der Waals surface area contributed by atoms with E-state index in [1.807, 2.05) is 5.31 Å². The SMILES string of the molecule is CCC[CH2][Pt][CH2]CCC.CP(C)c1ccccc1.CP(C)c1ccccc1.[CH3][Pt][Cl].c1ccc(P(c2ccccc2)c2ccccc2)cc1.c1ccc(P(c2ccccc2)c2ccccc2)cc1. The molecule has 0 heterocycles. The fourth-order valence-electron chi connectivity index (χ4n) is 6.27. The second kappa shape index (κ2) is 38.8. The summed E-state index contributed by atoms with van der Waals surface area (Å²) in [5.41, 5.74) is 0. The molecule has 364 valence electrons.